The molecule has 0 aromatic heterocycles. The lowest BCUT2D eigenvalue weighted by Crippen LogP contribution is -2.23. The summed E-state index contributed by atoms with van der Waals surface area (Å²) in [5.74, 6) is 0. The van der Waals surface area contributed by atoms with Crippen LogP contribution in [0.3, 0.4) is 0 Å². The van der Waals surface area contributed by atoms with Crippen LogP contribution in [0.1, 0.15) is 39.0 Å². The van der Waals surface area contributed by atoms with Crippen LogP contribution in [0.25, 0.3) is 0 Å². The quantitative estimate of drug-likeness (QED) is 0.515. The zero-order chi connectivity index (χ0) is 6.74. The van der Waals surface area contributed by atoms with Gasteiger partial charge in [-0.2, -0.15) is 0 Å². The maximum atomic E-state index is 10.6. The molecule has 0 aromatic carbocycles. The fourth-order valence-corrected chi connectivity index (χ4v) is 1.55. The average Bonchev–Trinajstić information content (AvgIpc) is 1.90. The van der Waals surface area contributed by atoms with Gasteiger partial charge in [0, 0.05) is 0 Å². The van der Waals surface area contributed by atoms with Crippen molar-refractivity contribution in [1.82, 2.24) is 0 Å². The monoisotopic (exact) mass is 127 g/mol. The SMILES string of the molecule is CC1(C[O])CCCCC1. The molecule has 0 aliphatic heterocycles. The van der Waals surface area contributed by atoms with Crippen LogP contribution in [0, 0.1) is 5.41 Å². The van der Waals surface area contributed by atoms with Crippen LogP contribution in [0.2, 0.25) is 0 Å². The van der Waals surface area contributed by atoms with Crippen molar-refractivity contribution in [3.8, 4) is 0 Å². The van der Waals surface area contributed by atoms with E-state index in [2.05, 4.69) is 6.92 Å². The molecule has 9 heavy (non-hydrogen) atoms. The molecule has 0 heterocycles. The molecule has 1 fully saturated rings. The van der Waals surface area contributed by atoms with E-state index in [1.54, 1.807) is 0 Å². The predicted octanol–water partition coefficient (Wildman–Crippen LogP) is 2.39. The Bertz CT molecular complexity index is 82.6. The van der Waals surface area contributed by atoms with Gasteiger partial charge in [-0.1, -0.05) is 26.2 Å². The van der Waals surface area contributed by atoms with Gasteiger partial charge in [-0.3, -0.25) is 0 Å². The molecule has 1 aliphatic carbocycles. The molecule has 0 saturated heterocycles. The third-order valence-electron chi connectivity index (χ3n) is 2.41. The van der Waals surface area contributed by atoms with E-state index in [9.17, 15) is 5.11 Å². The second-order valence-electron chi connectivity index (χ2n) is 3.52. The molecule has 0 aromatic rings. The minimum atomic E-state index is 0.132. The lowest BCUT2D eigenvalue weighted by Gasteiger charge is -2.30. The molecule has 1 rings (SSSR count). The summed E-state index contributed by atoms with van der Waals surface area (Å²) in [5, 5.41) is 10.6. The second kappa shape index (κ2) is 2.70. The summed E-state index contributed by atoms with van der Waals surface area (Å²) in [5.41, 5.74) is 0.165. The molecule has 0 N–H and O–H groups in total. The molecule has 0 atom stereocenters. The average molecular weight is 127 g/mol. The highest BCUT2D eigenvalue weighted by molar-refractivity contribution is 4.76. The van der Waals surface area contributed by atoms with Gasteiger partial charge in [0.25, 0.3) is 0 Å². The van der Waals surface area contributed by atoms with E-state index in [-0.39, 0.29) is 12.0 Å². The highest BCUT2D eigenvalue weighted by atomic mass is 16.3. The van der Waals surface area contributed by atoms with Crippen molar-refractivity contribution in [2.24, 2.45) is 5.41 Å². The van der Waals surface area contributed by atoms with Crippen LogP contribution in [0.15, 0.2) is 0 Å². The van der Waals surface area contributed by atoms with Crippen LogP contribution in [0.5, 0.6) is 0 Å². The summed E-state index contributed by atoms with van der Waals surface area (Å²) in [4.78, 5) is 0. The van der Waals surface area contributed by atoms with E-state index in [1.165, 1.54) is 19.3 Å². The van der Waals surface area contributed by atoms with Crippen LogP contribution in [0.4, 0.5) is 0 Å². The summed E-state index contributed by atoms with van der Waals surface area (Å²) < 4.78 is 0. The Morgan fingerprint density at radius 3 is 2.11 bits per heavy atom. The van der Waals surface area contributed by atoms with Crippen molar-refractivity contribution in [2.75, 3.05) is 6.61 Å². The summed E-state index contributed by atoms with van der Waals surface area (Å²) in [6, 6.07) is 0. The molecule has 1 nitrogen and oxygen atoms in total. The first kappa shape index (κ1) is 7.07. The first-order valence-electron chi connectivity index (χ1n) is 3.85. The number of rotatable bonds is 1. The van der Waals surface area contributed by atoms with Gasteiger partial charge in [-0.15, -0.1) is 0 Å². The molecular weight excluding hydrogens is 112 g/mol. The Labute approximate surface area is 57.1 Å². The molecule has 0 bridgehead atoms. The molecule has 0 amide bonds. The van der Waals surface area contributed by atoms with Gasteiger partial charge in [0.05, 0.1) is 6.61 Å². The van der Waals surface area contributed by atoms with Gasteiger partial charge in [-0.05, 0) is 18.3 Å². The van der Waals surface area contributed by atoms with E-state index in [0.717, 1.165) is 12.8 Å². The van der Waals surface area contributed by atoms with Crippen molar-refractivity contribution in [1.29, 1.82) is 0 Å². The third kappa shape index (κ3) is 1.68. The Hall–Kier alpha value is -0.0400. The maximum absolute atomic E-state index is 10.6. The summed E-state index contributed by atoms with van der Waals surface area (Å²) in [6.45, 7) is 2.26. The standard InChI is InChI=1S/C8H15O/c1-8(7-9)5-3-2-4-6-8/h2-7H2,1H3. The molecule has 0 unspecified atom stereocenters. The Morgan fingerprint density at radius 1 is 1.22 bits per heavy atom. The van der Waals surface area contributed by atoms with Gasteiger partial charge in [0.2, 0.25) is 0 Å². The van der Waals surface area contributed by atoms with Crippen LogP contribution >= 0.6 is 0 Å². The smallest absolute Gasteiger partial charge is 0.0875 e. The highest BCUT2D eigenvalue weighted by Crippen LogP contribution is 2.34. The van der Waals surface area contributed by atoms with E-state index in [1.807, 2.05) is 0 Å². The topological polar surface area (TPSA) is 19.9 Å². The molecule has 1 radical (unpaired) electrons. The fraction of sp³-hybridized carbons (Fsp3) is 1.00. The minimum Gasteiger partial charge on any atom is -0.236 e. The lowest BCUT2D eigenvalue weighted by atomic mass is 9.76. The van der Waals surface area contributed by atoms with E-state index >= 15 is 0 Å². The van der Waals surface area contributed by atoms with Crippen molar-refractivity contribution >= 4 is 0 Å². The third-order valence-corrected chi connectivity index (χ3v) is 2.41. The lowest BCUT2D eigenvalue weighted by molar-refractivity contribution is 0.0521. The van der Waals surface area contributed by atoms with Crippen LogP contribution in [-0.4, -0.2) is 6.61 Å². The maximum Gasteiger partial charge on any atom is 0.0875 e. The van der Waals surface area contributed by atoms with Crippen LogP contribution < -0.4 is 0 Å². The molecule has 1 heteroatoms. The van der Waals surface area contributed by atoms with Gasteiger partial charge >= 0.3 is 0 Å². The molecule has 1 saturated carbocycles. The van der Waals surface area contributed by atoms with Crippen LogP contribution in [-0.2, 0) is 5.11 Å². The van der Waals surface area contributed by atoms with E-state index in [4.69, 9.17) is 0 Å². The highest BCUT2D eigenvalue weighted by Gasteiger charge is 2.25. The number of hydrogen-bond donors (Lipinski definition) is 0. The van der Waals surface area contributed by atoms with Crippen molar-refractivity contribution in [3.63, 3.8) is 0 Å². The first-order chi connectivity index (χ1) is 4.27. The molecular formula is C8H15O. The second-order valence-corrected chi connectivity index (χ2v) is 3.52. The summed E-state index contributed by atoms with van der Waals surface area (Å²) in [7, 11) is 0. The van der Waals surface area contributed by atoms with Gasteiger partial charge in [0.1, 0.15) is 0 Å². The largest absolute Gasteiger partial charge is 0.236 e. The minimum absolute atomic E-state index is 0.132. The number of hydrogen-bond acceptors (Lipinski definition) is 0. The Morgan fingerprint density at radius 2 is 1.78 bits per heavy atom. The van der Waals surface area contributed by atoms with Gasteiger partial charge < -0.3 is 0 Å². The van der Waals surface area contributed by atoms with Crippen molar-refractivity contribution in [3.05, 3.63) is 0 Å². The Balaban J connectivity index is 2.37. The van der Waals surface area contributed by atoms with E-state index in [0.29, 0.717) is 0 Å². The molecule has 53 valence electrons. The molecule has 0 spiro atoms. The summed E-state index contributed by atoms with van der Waals surface area (Å²) >= 11 is 0. The summed E-state index contributed by atoms with van der Waals surface area (Å²) in [6.07, 6.45) is 6.22. The van der Waals surface area contributed by atoms with Crippen molar-refractivity contribution in [2.45, 2.75) is 39.0 Å². The molecule has 1 aliphatic rings. The first-order valence-corrected chi connectivity index (χ1v) is 3.85. The normalized spacial score (nSPS) is 26.0. The zero-order valence-electron chi connectivity index (χ0n) is 6.15. The Kier molecular flexibility index (Phi) is 2.12. The van der Waals surface area contributed by atoms with Gasteiger partial charge in [0.15, 0.2) is 0 Å². The predicted molar refractivity (Wildman–Crippen MR) is 36.7 cm³/mol. The van der Waals surface area contributed by atoms with Gasteiger partial charge in [-0.25, -0.2) is 5.11 Å². The fourth-order valence-electron chi connectivity index (χ4n) is 1.55. The van der Waals surface area contributed by atoms with Crippen molar-refractivity contribution < 1.29 is 5.11 Å². The van der Waals surface area contributed by atoms with E-state index < -0.39 is 0 Å². The zero-order valence-corrected chi connectivity index (χ0v) is 6.15.